The van der Waals surface area contributed by atoms with Crippen molar-refractivity contribution in [3.63, 3.8) is 0 Å². The molecule has 0 radical (unpaired) electrons. The number of ether oxygens (including phenoxy) is 1. The number of hydrogen-bond acceptors (Lipinski definition) is 1. The SMILES string of the molecule is CC(C)C1C2COCC1(C(C)C)C2. The van der Waals surface area contributed by atoms with E-state index >= 15 is 0 Å². The molecule has 1 heteroatoms. The Morgan fingerprint density at radius 3 is 2.31 bits per heavy atom. The smallest absolute Gasteiger partial charge is 0.0528 e. The van der Waals surface area contributed by atoms with E-state index in [1.165, 1.54) is 6.42 Å². The molecule has 1 nitrogen and oxygen atoms in total. The lowest BCUT2D eigenvalue weighted by Crippen LogP contribution is -2.61. The third kappa shape index (κ3) is 1.16. The van der Waals surface area contributed by atoms with Crippen LogP contribution in [0.1, 0.15) is 34.1 Å². The zero-order valence-corrected chi connectivity index (χ0v) is 9.34. The molecule has 3 atom stereocenters. The molecule has 76 valence electrons. The summed E-state index contributed by atoms with van der Waals surface area (Å²) in [7, 11) is 0. The lowest BCUT2D eigenvalue weighted by atomic mass is 9.46. The molecule has 1 saturated carbocycles. The summed E-state index contributed by atoms with van der Waals surface area (Å²) in [5.41, 5.74) is 0.539. The number of rotatable bonds is 2. The van der Waals surface area contributed by atoms with Gasteiger partial charge in [-0.2, -0.15) is 0 Å². The highest BCUT2D eigenvalue weighted by molar-refractivity contribution is 5.06. The van der Waals surface area contributed by atoms with Gasteiger partial charge in [0.2, 0.25) is 0 Å². The second-order valence-electron chi connectivity index (χ2n) is 5.64. The van der Waals surface area contributed by atoms with Gasteiger partial charge in [0.25, 0.3) is 0 Å². The van der Waals surface area contributed by atoms with Gasteiger partial charge < -0.3 is 4.74 Å². The van der Waals surface area contributed by atoms with Gasteiger partial charge in [-0.1, -0.05) is 27.7 Å². The van der Waals surface area contributed by atoms with Gasteiger partial charge in [0, 0.05) is 6.61 Å². The molecule has 0 amide bonds. The van der Waals surface area contributed by atoms with Gasteiger partial charge in [-0.3, -0.25) is 0 Å². The van der Waals surface area contributed by atoms with Crippen LogP contribution in [-0.2, 0) is 4.74 Å². The highest BCUT2D eigenvalue weighted by Crippen LogP contribution is 2.61. The molecule has 3 rings (SSSR count). The molecule has 3 aliphatic rings. The monoisotopic (exact) mass is 182 g/mol. The summed E-state index contributed by atoms with van der Waals surface area (Å²) in [6.07, 6.45) is 1.42. The van der Waals surface area contributed by atoms with Crippen molar-refractivity contribution in [3.05, 3.63) is 0 Å². The molecular formula is C12H22O. The summed E-state index contributed by atoms with van der Waals surface area (Å²) < 4.78 is 5.68. The average Bonchev–Trinajstić information content (AvgIpc) is 2.03. The van der Waals surface area contributed by atoms with Crippen LogP contribution in [0, 0.1) is 29.1 Å². The fourth-order valence-corrected chi connectivity index (χ4v) is 3.77. The Kier molecular flexibility index (Phi) is 2.18. The number of fused-ring (bicyclic) bond motifs is 2. The van der Waals surface area contributed by atoms with E-state index in [2.05, 4.69) is 27.7 Å². The van der Waals surface area contributed by atoms with Crippen molar-refractivity contribution >= 4 is 0 Å². The molecule has 3 unspecified atom stereocenters. The summed E-state index contributed by atoms with van der Waals surface area (Å²) >= 11 is 0. The van der Waals surface area contributed by atoms with E-state index in [4.69, 9.17) is 4.74 Å². The van der Waals surface area contributed by atoms with E-state index in [-0.39, 0.29) is 0 Å². The molecule has 2 aliphatic heterocycles. The largest absolute Gasteiger partial charge is 0.381 e. The maximum atomic E-state index is 5.68. The Bertz CT molecular complexity index is 193. The first kappa shape index (κ1) is 9.51. The Labute approximate surface area is 81.9 Å². The molecule has 2 bridgehead atoms. The molecule has 2 saturated heterocycles. The summed E-state index contributed by atoms with van der Waals surface area (Å²) in [6, 6.07) is 0. The maximum Gasteiger partial charge on any atom is 0.0528 e. The minimum Gasteiger partial charge on any atom is -0.381 e. The van der Waals surface area contributed by atoms with Crippen LogP contribution in [0.3, 0.4) is 0 Å². The molecule has 0 aromatic heterocycles. The van der Waals surface area contributed by atoms with Crippen molar-refractivity contribution in [1.29, 1.82) is 0 Å². The normalized spacial score (nSPS) is 43.8. The minimum atomic E-state index is 0.539. The molecule has 0 N–H and O–H groups in total. The van der Waals surface area contributed by atoms with Crippen molar-refractivity contribution in [2.24, 2.45) is 29.1 Å². The highest BCUT2D eigenvalue weighted by atomic mass is 16.5. The first-order valence-corrected chi connectivity index (χ1v) is 5.65. The zero-order valence-electron chi connectivity index (χ0n) is 9.34. The van der Waals surface area contributed by atoms with Gasteiger partial charge in [0.15, 0.2) is 0 Å². The second-order valence-corrected chi connectivity index (χ2v) is 5.64. The van der Waals surface area contributed by atoms with Crippen molar-refractivity contribution in [1.82, 2.24) is 0 Å². The summed E-state index contributed by atoms with van der Waals surface area (Å²) in [4.78, 5) is 0. The van der Waals surface area contributed by atoms with Crippen LogP contribution in [0.25, 0.3) is 0 Å². The lowest BCUT2D eigenvalue weighted by molar-refractivity contribution is -0.221. The summed E-state index contributed by atoms with van der Waals surface area (Å²) in [6.45, 7) is 11.5. The Morgan fingerprint density at radius 1 is 1.23 bits per heavy atom. The van der Waals surface area contributed by atoms with Crippen LogP contribution in [-0.4, -0.2) is 13.2 Å². The van der Waals surface area contributed by atoms with Crippen molar-refractivity contribution < 1.29 is 4.74 Å². The van der Waals surface area contributed by atoms with E-state index in [1.807, 2.05) is 0 Å². The fourth-order valence-electron chi connectivity index (χ4n) is 3.77. The zero-order chi connectivity index (χ0) is 9.64. The fraction of sp³-hybridized carbons (Fsp3) is 1.00. The molecular weight excluding hydrogens is 160 g/mol. The molecule has 0 aromatic rings. The molecule has 1 aliphatic carbocycles. The number of hydrogen-bond donors (Lipinski definition) is 0. The summed E-state index contributed by atoms with van der Waals surface area (Å²) in [5.74, 6) is 3.43. The Balaban J connectivity index is 2.17. The molecule has 13 heavy (non-hydrogen) atoms. The lowest BCUT2D eigenvalue weighted by Gasteiger charge is -2.63. The van der Waals surface area contributed by atoms with Crippen molar-refractivity contribution in [2.75, 3.05) is 13.2 Å². The van der Waals surface area contributed by atoms with Crippen LogP contribution in [0.4, 0.5) is 0 Å². The third-order valence-corrected chi connectivity index (χ3v) is 4.38. The first-order valence-electron chi connectivity index (χ1n) is 5.65. The molecule has 2 heterocycles. The van der Waals surface area contributed by atoms with Crippen LogP contribution in [0.5, 0.6) is 0 Å². The highest BCUT2D eigenvalue weighted by Gasteiger charge is 2.58. The van der Waals surface area contributed by atoms with E-state index in [0.29, 0.717) is 5.41 Å². The molecule has 0 spiro atoms. The van der Waals surface area contributed by atoms with Crippen LogP contribution in [0.15, 0.2) is 0 Å². The standard InChI is InChI=1S/C12H22O/c1-8(2)11-10-5-12(11,9(3)4)7-13-6-10/h8-11H,5-7H2,1-4H3. The van der Waals surface area contributed by atoms with Crippen LogP contribution in [0.2, 0.25) is 0 Å². The third-order valence-electron chi connectivity index (χ3n) is 4.38. The molecule has 0 aromatic carbocycles. The van der Waals surface area contributed by atoms with E-state index < -0.39 is 0 Å². The Morgan fingerprint density at radius 2 is 1.92 bits per heavy atom. The van der Waals surface area contributed by atoms with Gasteiger partial charge in [0.05, 0.1) is 6.61 Å². The van der Waals surface area contributed by atoms with Crippen LogP contribution >= 0.6 is 0 Å². The average molecular weight is 182 g/mol. The van der Waals surface area contributed by atoms with Crippen molar-refractivity contribution in [2.45, 2.75) is 34.1 Å². The van der Waals surface area contributed by atoms with Gasteiger partial charge >= 0.3 is 0 Å². The predicted octanol–water partition coefficient (Wildman–Crippen LogP) is 2.95. The van der Waals surface area contributed by atoms with E-state index in [1.54, 1.807) is 0 Å². The van der Waals surface area contributed by atoms with Crippen molar-refractivity contribution in [3.8, 4) is 0 Å². The van der Waals surface area contributed by atoms with E-state index in [0.717, 1.165) is 36.9 Å². The Hall–Kier alpha value is -0.0400. The first-order chi connectivity index (χ1) is 6.08. The van der Waals surface area contributed by atoms with Gasteiger partial charge in [-0.25, -0.2) is 0 Å². The quantitative estimate of drug-likeness (QED) is 0.638. The van der Waals surface area contributed by atoms with Gasteiger partial charge in [0.1, 0.15) is 0 Å². The van der Waals surface area contributed by atoms with Crippen LogP contribution < -0.4 is 0 Å². The van der Waals surface area contributed by atoms with Gasteiger partial charge in [-0.05, 0) is 35.5 Å². The predicted molar refractivity (Wildman–Crippen MR) is 54.5 cm³/mol. The molecule has 3 fully saturated rings. The summed E-state index contributed by atoms with van der Waals surface area (Å²) in [5, 5.41) is 0. The van der Waals surface area contributed by atoms with E-state index in [9.17, 15) is 0 Å². The maximum absolute atomic E-state index is 5.68. The second kappa shape index (κ2) is 2.98. The topological polar surface area (TPSA) is 9.23 Å². The minimum absolute atomic E-state index is 0.539. The van der Waals surface area contributed by atoms with Gasteiger partial charge in [-0.15, -0.1) is 0 Å².